The van der Waals surface area contributed by atoms with Crippen molar-refractivity contribution < 1.29 is 24.1 Å². The van der Waals surface area contributed by atoms with E-state index < -0.39 is 17.6 Å². The van der Waals surface area contributed by atoms with Crippen LogP contribution in [0.4, 0.5) is 0 Å². The van der Waals surface area contributed by atoms with Crippen LogP contribution < -0.4 is 19.8 Å². The van der Waals surface area contributed by atoms with Crippen LogP contribution in [-0.4, -0.2) is 29.9 Å². The smallest absolute Gasteiger partial charge is 0.341 e. The first-order valence-electron chi connectivity index (χ1n) is 9.63. The van der Waals surface area contributed by atoms with Gasteiger partial charge in [-0.1, -0.05) is 20.8 Å². The zero-order valence-electron chi connectivity index (χ0n) is 17.2. The van der Waals surface area contributed by atoms with E-state index in [1.54, 1.807) is 30.9 Å². The molecule has 1 aromatic carbocycles. The zero-order chi connectivity index (χ0) is 21.1. The van der Waals surface area contributed by atoms with Crippen LogP contribution in [-0.2, 0) is 0 Å². The standard InChI is InChI=1S/C22H25NO6/c1-22(2,3)19-13-8-14(21(25)26)20(24)23(11-6-7-11)18(13)12-9-16(27-4)17(28-5)10-15(12)29-19/h8-11,19H,6-7H2,1-5H3,(H,25,26). The quantitative estimate of drug-likeness (QED) is 0.835. The number of pyridine rings is 1. The monoisotopic (exact) mass is 399 g/mol. The molecule has 0 radical (unpaired) electrons. The van der Waals surface area contributed by atoms with Gasteiger partial charge in [-0.25, -0.2) is 4.79 Å². The minimum atomic E-state index is -1.22. The molecule has 0 saturated heterocycles. The maximum Gasteiger partial charge on any atom is 0.341 e. The minimum absolute atomic E-state index is 0.00443. The van der Waals surface area contributed by atoms with Crippen LogP contribution >= 0.6 is 0 Å². The second-order valence-corrected chi connectivity index (χ2v) is 8.64. The SMILES string of the molecule is COc1cc2c(cc1OC)-c1c(cc(C(=O)O)c(=O)n1C1CC1)C(C(C)(C)C)O2. The average Bonchev–Trinajstić information content (AvgIpc) is 3.49. The van der Waals surface area contributed by atoms with Crippen LogP contribution in [0.2, 0.25) is 0 Å². The first-order valence-corrected chi connectivity index (χ1v) is 9.63. The second kappa shape index (κ2) is 6.54. The first-order chi connectivity index (χ1) is 13.7. The summed E-state index contributed by atoms with van der Waals surface area (Å²) in [6.07, 6.45) is 1.27. The van der Waals surface area contributed by atoms with Gasteiger partial charge in [0, 0.05) is 28.7 Å². The lowest BCUT2D eigenvalue weighted by Crippen LogP contribution is -2.34. The van der Waals surface area contributed by atoms with Crippen molar-refractivity contribution in [2.75, 3.05) is 14.2 Å². The number of carboxylic acid groups (broad SMARTS) is 1. The molecule has 0 bridgehead atoms. The highest BCUT2D eigenvalue weighted by Crippen LogP contribution is 2.52. The van der Waals surface area contributed by atoms with Crippen LogP contribution in [0.1, 0.15) is 61.7 Å². The van der Waals surface area contributed by atoms with Crippen LogP contribution in [0.5, 0.6) is 17.2 Å². The summed E-state index contributed by atoms with van der Waals surface area (Å²) in [4.78, 5) is 24.9. The highest BCUT2D eigenvalue weighted by Gasteiger charge is 2.41. The Hall–Kier alpha value is -2.96. The number of aromatic nitrogens is 1. The third kappa shape index (κ3) is 3.05. The lowest BCUT2D eigenvalue weighted by Gasteiger charge is -2.38. The number of rotatable bonds is 4. The Morgan fingerprint density at radius 2 is 1.76 bits per heavy atom. The zero-order valence-corrected chi connectivity index (χ0v) is 17.2. The van der Waals surface area contributed by atoms with Crippen LogP contribution in [0.3, 0.4) is 0 Å². The number of fused-ring (bicyclic) bond motifs is 3. The third-order valence-corrected chi connectivity index (χ3v) is 5.46. The van der Waals surface area contributed by atoms with Gasteiger partial charge in [-0.2, -0.15) is 0 Å². The van der Waals surface area contributed by atoms with Crippen molar-refractivity contribution in [3.05, 3.63) is 39.7 Å². The summed E-state index contributed by atoms with van der Waals surface area (Å²) in [5.74, 6) is 0.418. The predicted molar refractivity (Wildman–Crippen MR) is 107 cm³/mol. The molecule has 4 rings (SSSR count). The molecule has 1 aliphatic carbocycles. The van der Waals surface area contributed by atoms with Crippen molar-refractivity contribution in [2.45, 2.75) is 45.8 Å². The fourth-order valence-corrected chi connectivity index (χ4v) is 3.95. The molecule has 2 aliphatic rings. The molecule has 7 heteroatoms. The Labute approximate surface area is 168 Å². The van der Waals surface area contributed by atoms with Crippen molar-refractivity contribution >= 4 is 5.97 Å². The Morgan fingerprint density at radius 3 is 2.28 bits per heavy atom. The molecule has 1 unspecified atom stereocenters. The van der Waals surface area contributed by atoms with Crippen LogP contribution in [0.15, 0.2) is 23.0 Å². The van der Waals surface area contributed by atoms with Crippen molar-refractivity contribution in [1.29, 1.82) is 0 Å². The van der Waals surface area contributed by atoms with E-state index in [1.807, 2.05) is 20.8 Å². The summed E-state index contributed by atoms with van der Waals surface area (Å²) in [5, 5.41) is 9.64. The highest BCUT2D eigenvalue weighted by molar-refractivity contribution is 5.89. The highest BCUT2D eigenvalue weighted by atomic mass is 16.5. The molecule has 154 valence electrons. The lowest BCUT2D eigenvalue weighted by atomic mass is 9.80. The summed E-state index contributed by atoms with van der Waals surface area (Å²) < 4.78 is 18.9. The van der Waals surface area contributed by atoms with Crippen LogP contribution in [0.25, 0.3) is 11.3 Å². The molecule has 1 N–H and O–H groups in total. The lowest BCUT2D eigenvalue weighted by molar-refractivity contribution is 0.0688. The Kier molecular flexibility index (Phi) is 4.37. The van der Waals surface area contributed by atoms with Gasteiger partial charge in [0.25, 0.3) is 5.56 Å². The van der Waals surface area contributed by atoms with Crippen molar-refractivity contribution in [3.63, 3.8) is 0 Å². The number of nitrogens with zero attached hydrogens (tertiary/aromatic N) is 1. The maximum absolute atomic E-state index is 13.1. The maximum atomic E-state index is 13.1. The molecule has 1 fully saturated rings. The summed E-state index contributed by atoms with van der Waals surface area (Å²) >= 11 is 0. The van der Waals surface area contributed by atoms with E-state index in [-0.39, 0.29) is 17.0 Å². The minimum Gasteiger partial charge on any atom is -0.493 e. The van der Waals surface area contributed by atoms with Gasteiger partial charge in [-0.3, -0.25) is 4.79 Å². The molecule has 2 aromatic rings. The van der Waals surface area contributed by atoms with E-state index in [0.717, 1.165) is 12.8 Å². The fourth-order valence-electron chi connectivity index (χ4n) is 3.95. The van der Waals surface area contributed by atoms with E-state index in [2.05, 4.69) is 0 Å². The summed E-state index contributed by atoms with van der Waals surface area (Å²) in [6.45, 7) is 6.08. The topological polar surface area (TPSA) is 87.0 Å². The van der Waals surface area contributed by atoms with Gasteiger partial charge >= 0.3 is 5.97 Å². The average molecular weight is 399 g/mol. The summed E-state index contributed by atoms with van der Waals surface area (Å²) in [6, 6.07) is 5.04. The fraction of sp³-hybridized carbons (Fsp3) is 0.455. The van der Waals surface area contributed by atoms with E-state index in [4.69, 9.17) is 14.2 Å². The van der Waals surface area contributed by atoms with Crippen molar-refractivity contribution in [2.24, 2.45) is 5.41 Å². The van der Waals surface area contributed by atoms with Gasteiger partial charge in [-0.05, 0) is 25.0 Å². The Bertz CT molecular complexity index is 1060. The molecule has 29 heavy (non-hydrogen) atoms. The van der Waals surface area contributed by atoms with Gasteiger partial charge < -0.3 is 23.9 Å². The van der Waals surface area contributed by atoms with Gasteiger partial charge in [0.2, 0.25) is 0 Å². The van der Waals surface area contributed by atoms with Crippen molar-refractivity contribution in [1.82, 2.24) is 4.57 Å². The molecular weight excluding hydrogens is 374 g/mol. The molecule has 1 aliphatic heterocycles. The number of carboxylic acids is 1. The van der Waals surface area contributed by atoms with Gasteiger partial charge in [0.1, 0.15) is 17.4 Å². The largest absolute Gasteiger partial charge is 0.493 e. The van der Waals surface area contributed by atoms with E-state index in [1.165, 1.54) is 6.07 Å². The predicted octanol–water partition coefficient (Wildman–Crippen LogP) is 4.05. The number of methoxy groups -OCH3 is 2. The van der Waals surface area contributed by atoms with Gasteiger partial charge in [0.05, 0.1) is 19.9 Å². The summed E-state index contributed by atoms with van der Waals surface area (Å²) in [5.41, 5.74) is 1.09. The molecular formula is C22H25NO6. The Balaban J connectivity index is 2.11. The molecule has 0 spiro atoms. The van der Waals surface area contributed by atoms with E-state index >= 15 is 0 Å². The third-order valence-electron chi connectivity index (χ3n) is 5.46. The number of ether oxygens (including phenoxy) is 3. The number of benzene rings is 1. The van der Waals surface area contributed by atoms with Gasteiger partial charge in [-0.15, -0.1) is 0 Å². The molecule has 7 nitrogen and oxygen atoms in total. The summed E-state index contributed by atoms with van der Waals surface area (Å²) in [7, 11) is 3.11. The second-order valence-electron chi connectivity index (χ2n) is 8.64. The number of carbonyl (C=O) groups is 1. The number of aromatic carboxylic acids is 1. The normalized spacial score (nSPS) is 17.8. The van der Waals surface area contributed by atoms with Crippen LogP contribution in [0, 0.1) is 5.41 Å². The Morgan fingerprint density at radius 1 is 1.14 bits per heavy atom. The molecule has 1 saturated carbocycles. The van der Waals surface area contributed by atoms with Gasteiger partial charge in [0.15, 0.2) is 11.5 Å². The van der Waals surface area contributed by atoms with E-state index in [0.29, 0.717) is 34.1 Å². The first kappa shape index (κ1) is 19.4. The molecule has 0 amide bonds. The number of hydrogen-bond acceptors (Lipinski definition) is 5. The molecule has 2 heterocycles. The van der Waals surface area contributed by atoms with E-state index in [9.17, 15) is 14.7 Å². The van der Waals surface area contributed by atoms with Crippen molar-refractivity contribution in [3.8, 4) is 28.5 Å². The molecule has 1 atom stereocenters. The number of hydrogen-bond donors (Lipinski definition) is 1. The molecule has 1 aromatic heterocycles.